The Morgan fingerprint density at radius 3 is 1.88 bits per heavy atom. The predicted octanol–water partition coefficient (Wildman–Crippen LogP) is 7.15. The second-order valence-electron chi connectivity index (χ2n) is 12.1. The Labute approximate surface area is 289 Å². The molecular formula is C40H41N3O5S. The minimum absolute atomic E-state index is 0.0382. The number of carbonyl (C=O) groups is 2. The molecule has 0 saturated carbocycles. The van der Waals surface area contributed by atoms with Crippen LogP contribution in [0.1, 0.15) is 30.5 Å². The van der Waals surface area contributed by atoms with Crippen molar-refractivity contribution in [1.82, 2.24) is 10.2 Å². The smallest absolute Gasteiger partial charge is 0.264 e. The summed E-state index contributed by atoms with van der Waals surface area (Å²) in [5.41, 5.74) is 2.95. The maximum atomic E-state index is 14.7. The Morgan fingerprint density at radius 2 is 1.27 bits per heavy atom. The fourth-order valence-corrected chi connectivity index (χ4v) is 6.89. The number of nitrogens with one attached hydrogen (secondary N) is 1. The first kappa shape index (κ1) is 34.9. The van der Waals surface area contributed by atoms with Gasteiger partial charge in [0.25, 0.3) is 10.0 Å². The molecule has 0 heterocycles. The lowest BCUT2D eigenvalue weighted by molar-refractivity contribution is -0.140. The lowest BCUT2D eigenvalue weighted by Crippen LogP contribution is -2.54. The fraction of sp³-hybridized carbons (Fsp3) is 0.200. The Kier molecular flexibility index (Phi) is 11.5. The molecule has 0 aliphatic rings. The number of rotatable bonds is 14. The van der Waals surface area contributed by atoms with E-state index in [9.17, 15) is 18.0 Å². The summed E-state index contributed by atoms with van der Waals surface area (Å²) in [5, 5.41) is 2.99. The van der Waals surface area contributed by atoms with Crippen molar-refractivity contribution in [2.45, 2.75) is 50.7 Å². The summed E-state index contributed by atoms with van der Waals surface area (Å²) in [5.74, 6) is 0.302. The zero-order valence-corrected chi connectivity index (χ0v) is 28.7. The van der Waals surface area contributed by atoms with Crippen LogP contribution in [0.15, 0.2) is 144 Å². The average Bonchev–Trinajstić information content (AvgIpc) is 3.10. The number of para-hydroxylation sites is 1. The summed E-state index contributed by atoms with van der Waals surface area (Å²) in [7, 11) is -4.21. The van der Waals surface area contributed by atoms with Crippen molar-refractivity contribution in [3.63, 3.8) is 0 Å². The van der Waals surface area contributed by atoms with E-state index in [0.29, 0.717) is 11.5 Å². The van der Waals surface area contributed by atoms with Crippen molar-refractivity contribution in [3.05, 3.63) is 156 Å². The second kappa shape index (κ2) is 16.1. The minimum Gasteiger partial charge on any atom is -0.457 e. The quantitative estimate of drug-likeness (QED) is 0.135. The van der Waals surface area contributed by atoms with E-state index in [4.69, 9.17) is 4.74 Å². The largest absolute Gasteiger partial charge is 0.457 e. The molecular weight excluding hydrogens is 635 g/mol. The van der Waals surface area contributed by atoms with E-state index >= 15 is 0 Å². The molecule has 0 aliphatic carbocycles. The highest BCUT2D eigenvalue weighted by Gasteiger charge is 2.35. The van der Waals surface area contributed by atoms with Crippen molar-refractivity contribution in [3.8, 4) is 11.5 Å². The van der Waals surface area contributed by atoms with Gasteiger partial charge in [0.05, 0.1) is 10.6 Å². The van der Waals surface area contributed by atoms with Gasteiger partial charge >= 0.3 is 0 Å². The number of hydrogen-bond acceptors (Lipinski definition) is 5. The molecule has 0 fully saturated rings. The molecule has 1 atom stereocenters. The molecule has 0 bridgehead atoms. The molecule has 0 radical (unpaired) electrons. The number of carbonyl (C=O) groups excluding carboxylic acids is 2. The van der Waals surface area contributed by atoms with Crippen LogP contribution in [0.5, 0.6) is 11.5 Å². The zero-order chi connectivity index (χ0) is 34.8. The topological polar surface area (TPSA) is 96.0 Å². The first-order valence-corrected chi connectivity index (χ1v) is 17.6. The number of aryl methyl sites for hydroxylation is 1. The summed E-state index contributed by atoms with van der Waals surface area (Å²) in [6.07, 6.45) is 0.244. The summed E-state index contributed by atoms with van der Waals surface area (Å²) in [4.78, 5) is 30.1. The molecule has 1 N–H and O–H groups in total. The van der Waals surface area contributed by atoms with Gasteiger partial charge < -0.3 is 15.0 Å². The van der Waals surface area contributed by atoms with Crippen LogP contribution in [0.2, 0.25) is 0 Å². The Morgan fingerprint density at radius 1 is 0.714 bits per heavy atom. The summed E-state index contributed by atoms with van der Waals surface area (Å²) < 4.78 is 35.6. The van der Waals surface area contributed by atoms with Gasteiger partial charge in [-0.15, -0.1) is 0 Å². The molecule has 8 nitrogen and oxygen atoms in total. The van der Waals surface area contributed by atoms with Gasteiger partial charge in [-0.05, 0) is 86.0 Å². The van der Waals surface area contributed by atoms with E-state index in [2.05, 4.69) is 5.32 Å². The van der Waals surface area contributed by atoms with Crippen LogP contribution in [0, 0.1) is 6.92 Å². The van der Waals surface area contributed by atoms with Gasteiger partial charge in [0.1, 0.15) is 24.1 Å². The lowest BCUT2D eigenvalue weighted by Gasteiger charge is -2.34. The van der Waals surface area contributed by atoms with Gasteiger partial charge in [0.2, 0.25) is 11.8 Å². The molecule has 2 amide bonds. The summed E-state index contributed by atoms with van der Waals surface area (Å²) >= 11 is 0. The van der Waals surface area contributed by atoms with Crippen molar-refractivity contribution in [2.75, 3.05) is 10.8 Å². The number of sulfonamides is 1. The van der Waals surface area contributed by atoms with E-state index in [1.165, 1.54) is 17.0 Å². The van der Waals surface area contributed by atoms with Crippen LogP contribution in [0.25, 0.3) is 0 Å². The van der Waals surface area contributed by atoms with Gasteiger partial charge in [-0.3, -0.25) is 13.9 Å². The van der Waals surface area contributed by atoms with E-state index in [-0.39, 0.29) is 35.5 Å². The average molecular weight is 676 g/mol. The first-order chi connectivity index (χ1) is 23.6. The molecule has 252 valence electrons. The maximum absolute atomic E-state index is 14.7. The standard InChI is InChI=1S/C40H41N3O5S/c1-30(2)41-40(45)38(27-32-16-7-4-8-17-32)42(28-33-18-14-13-15-31(33)3)39(44)29-43(49(46,47)37-21-11-6-12-22-37)34-23-25-36(26-24-34)48-35-19-9-5-10-20-35/h4-26,30,38H,27-29H2,1-3H3,(H,41,45)/t38-/m0/s1. The number of ether oxygens (including phenoxy) is 1. The van der Waals surface area contributed by atoms with E-state index in [1.54, 1.807) is 42.5 Å². The highest BCUT2D eigenvalue weighted by molar-refractivity contribution is 7.92. The van der Waals surface area contributed by atoms with Crippen LogP contribution in [-0.4, -0.2) is 43.8 Å². The van der Waals surface area contributed by atoms with Crippen molar-refractivity contribution >= 4 is 27.5 Å². The van der Waals surface area contributed by atoms with Crippen LogP contribution in [-0.2, 0) is 32.6 Å². The van der Waals surface area contributed by atoms with Crippen LogP contribution in [0.3, 0.4) is 0 Å². The van der Waals surface area contributed by atoms with Crippen LogP contribution in [0.4, 0.5) is 5.69 Å². The maximum Gasteiger partial charge on any atom is 0.264 e. The zero-order valence-electron chi connectivity index (χ0n) is 27.9. The fourth-order valence-electron chi connectivity index (χ4n) is 5.46. The molecule has 5 rings (SSSR count). The lowest BCUT2D eigenvalue weighted by atomic mass is 10.0. The number of anilines is 1. The van der Waals surface area contributed by atoms with Gasteiger partial charge in [0, 0.05) is 19.0 Å². The van der Waals surface area contributed by atoms with Gasteiger partial charge in [-0.2, -0.15) is 0 Å². The molecule has 0 saturated heterocycles. The second-order valence-corrected chi connectivity index (χ2v) is 13.9. The first-order valence-electron chi connectivity index (χ1n) is 16.2. The van der Waals surface area contributed by atoms with Gasteiger partial charge in [0.15, 0.2) is 0 Å². The molecule has 9 heteroatoms. The summed E-state index contributed by atoms with van der Waals surface area (Å²) in [6, 6.07) is 39.9. The van der Waals surface area contributed by atoms with Crippen molar-refractivity contribution in [1.29, 1.82) is 0 Å². The van der Waals surface area contributed by atoms with Gasteiger partial charge in [-0.1, -0.05) is 91.0 Å². The van der Waals surface area contributed by atoms with Crippen molar-refractivity contribution in [2.24, 2.45) is 0 Å². The van der Waals surface area contributed by atoms with E-state index in [1.807, 2.05) is 106 Å². The predicted molar refractivity (Wildman–Crippen MR) is 193 cm³/mol. The highest BCUT2D eigenvalue weighted by Crippen LogP contribution is 2.29. The molecule has 0 spiro atoms. The number of amides is 2. The third kappa shape index (κ3) is 9.15. The Balaban J connectivity index is 1.55. The van der Waals surface area contributed by atoms with Crippen LogP contribution < -0.4 is 14.4 Å². The summed E-state index contributed by atoms with van der Waals surface area (Å²) in [6.45, 7) is 5.25. The number of nitrogens with zero attached hydrogens (tertiary/aromatic N) is 2. The highest BCUT2D eigenvalue weighted by atomic mass is 32.2. The van der Waals surface area contributed by atoms with E-state index in [0.717, 1.165) is 21.0 Å². The monoisotopic (exact) mass is 675 g/mol. The molecule has 5 aromatic rings. The number of benzene rings is 5. The molecule has 0 aliphatic heterocycles. The van der Waals surface area contributed by atoms with Gasteiger partial charge in [-0.25, -0.2) is 8.42 Å². The van der Waals surface area contributed by atoms with Crippen LogP contribution >= 0.6 is 0 Å². The Hall–Kier alpha value is -5.41. The molecule has 49 heavy (non-hydrogen) atoms. The minimum atomic E-state index is -4.21. The molecule has 5 aromatic carbocycles. The number of hydrogen-bond donors (Lipinski definition) is 1. The SMILES string of the molecule is Cc1ccccc1CN(C(=O)CN(c1ccc(Oc2ccccc2)cc1)S(=O)(=O)c1ccccc1)[C@@H](Cc1ccccc1)C(=O)NC(C)C. The normalized spacial score (nSPS) is 11.8. The molecule has 0 unspecified atom stereocenters. The molecule has 0 aromatic heterocycles. The van der Waals surface area contributed by atoms with E-state index < -0.39 is 28.5 Å². The Bertz CT molecular complexity index is 1940. The third-order valence-corrected chi connectivity index (χ3v) is 9.81. The third-order valence-electron chi connectivity index (χ3n) is 8.02. The van der Waals surface area contributed by atoms with Crippen molar-refractivity contribution < 1.29 is 22.7 Å².